The molecular weight excluding hydrogens is 494 g/mol. The molecule has 0 unspecified atom stereocenters. The smallest absolute Gasteiger partial charge is 0.253 e. The fraction of sp³-hybridized carbons (Fsp3) is 0.346. The first kappa shape index (κ1) is 27.5. The molecule has 0 saturated heterocycles. The fourth-order valence-electron chi connectivity index (χ4n) is 3.50. The Bertz CT molecular complexity index is 1200. The maximum Gasteiger partial charge on any atom is 0.253 e. The van der Waals surface area contributed by atoms with E-state index in [1.807, 2.05) is 12.3 Å². The number of aromatic nitrogens is 3. The van der Waals surface area contributed by atoms with Gasteiger partial charge in [-0.2, -0.15) is 0 Å². The molecule has 3 aromatic rings. The van der Waals surface area contributed by atoms with Gasteiger partial charge in [-0.15, -0.1) is 11.3 Å². The molecule has 0 atom stereocenters. The Balaban J connectivity index is 1.71. The van der Waals surface area contributed by atoms with Crippen molar-refractivity contribution in [3.63, 3.8) is 0 Å². The predicted octanol–water partition coefficient (Wildman–Crippen LogP) is 5.76. The third kappa shape index (κ3) is 7.71. The first-order valence-corrected chi connectivity index (χ1v) is 13.3. The maximum absolute atomic E-state index is 12.7. The van der Waals surface area contributed by atoms with Gasteiger partial charge in [-0.3, -0.25) is 15.1 Å². The van der Waals surface area contributed by atoms with E-state index in [1.54, 1.807) is 38.8 Å². The fourth-order valence-corrected chi connectivity index (χ4v) is 5.12. The largest absolute Gasteiger partial charge is 0.474 e. The lowest BCUT2D eigenvalue weighted by molar-refractivity contribution is -0.113. The number of amides is 1. The lowest BCUT2D eigenvalue weighted by atomic mass is 10.0. The minimum Gasteiger partial charge on any atom is -0.474 e. The molecule has 0 radical (unpaired) electrons. The van der Waals surface area contributed by atoms with Crippen LogP contribution in [0.15, 0.2) is 56.5 Å². The number of ether oxygens (including phenoxy) is 2. The van der Waals surface area contributed by atoms with E-state index in [4.69, 9.17) is 14.5 Å². The highest BCUT2D eigenvalue weighted by molar-refractivity contribution is 7.99. The average Bonchev–Trinajstić information content (AvgIpc) is 3.30. The molecule has 0 spiro atoms. The normalized spacial score (nSPS) is 11.8. The molecule has 0 fully saturated rings. The molecule has 10 heteroatoms. The summed E-state index contributed by atoms with van der Waals surface area (Å²) in [6.45, 7) is 7.11. The summed E-state index contributed by atoms with van der Waals surface area (Å²) in [6, 6.07) is 4.23. The van der Waals surface area contributed by atoms with Crippen molar-refractivity contribution in [2.45, 2.75) is 43.5 Å². The van der Waals surface area contributed by atoms with Crippen LogP contribution in [0.25, 0.3) is 11.3 Å². The van der Waals surface area contributed by atoms with Gasteiger partial charge in [-0.25, -0.2) is 15.0 Å². The Morgan fingerprint density at radius 1 is 1.19 bits per heavy atom. The molecule has 1 aromatic carbocycles. The van der Waals surface area contributed by atoms with E-state index in [0.29, 0.717) is 36.2 Å². The van der Waals surface area contributed by atoms with Crippen LogP contribution < -0.4 is 10.1 Å². The van der Waals surface area contributed by atoms with Crippen molar-refractivity contribution in [1.29, 1.82) is 0 Å². The number of hydrogen-bond acceptors (Lipinski definition) is 9. The molecule has 2 heterocycles. The van der Waals surface area contributed by atoms with Crippen LogP contribution in [0.1, 0.15) is 30.9 Å². The molecule has 3 rings (SSSR count). The highest BCUT2D eigenvalue weighted by Crippen LogP contribution is 2.35. The van der Waals surface area contributed by atoms with Gasteiger partial charge in [0.2, 0.25) is 5.88 Å². The van der Waals surface area contributed by atoms with Crippen LogP contribution in [-0.2, 0) is 9.53 Å². The number of hydrogen-bond donors (Lipinski definition) is 1. The molecule has 8 nitrogen and oxygen atoms in total. The average molecular weight is 526 g/mol. The zero-order valence-corrected chi connectivity index (χ0v) is 22.8. The second-order valence-corrected chi connectivity index (χ2v) is 9.86. The summed E-state index contributed by atoms with van der Waals surface area (Å²) in [7, 11) is 3.31. The van der Waals surface area contributed by atoms with Crippen LogP contribution in [0, 0.1) is 13.8 Å². The zero-order valence-electron chi connectivity index (χ0n) is 21.2. The van der Waals surface area contributed by atoms with Crippen molar-refractivity contribution in [2.24, 2.45) is 4.99 Å². The van der Waals surface area contributed by atoms with E-state index in [-0.39, 0.29) is 5.91 Å². The minimum atomic E-state index is -0.144. The van der Waals surface area contributed by atoms with Crippen molar-refractivity contribution in [1.82, 2.24) is 15.0 Å². The van der Waals surface area contributed by atoms with E-state index in [0.717, 1.165) is 38.7 Å². The van der Waals surface area contributed by atoms with Crippen LogP contribution >= 0.6 is 23.1 Å². The number of rotatable bonds is 12. The standard InChI is InChI=1S/C26H31N5O3S2/c1-6-7-19(8-9-27-4)25(32)31-26-30-21(16-35-26)24-17(2)12-20(13-18(24)3)36-23-15-28-22(14-29-23)34-11-10-33-5/h8-9,12-16H,6-7,10-11H2,1-5H3,(H,30,31,32). The van der Waals surface area contributed by atoms with Crippen LogP contribution in [0.3, 0.4) is 0 Å². The summed E-state index contributed by atoms with van der Waals surface area (Å²) < 4.78 is 10.4. The van der Waals surface area contributed by atoms with E-state index in [9.17, 15) is 4.79 Å². The second-order valence-electron chi connectivity index (χ2n) is 7.91. The van der Waals surface area contributed by atoms with Gasteiger partial charge in [0, 0.05) is 41.8 Å². The van der Waals surface area contributed by atoms with Gasteiger partial charge in [-0.05, 0) is 49.6 Å². The number of aliphatic imine (C=N–C) groups is 1. The van der Waals surface area contributed by atoms with Crippen LogP contribution in [0.2, 0.25) is 0 Å². The molecule has 0 aliphatic rings. The zero-order chi connectivity index (χ0) is 25.9. The topological polar surface area (TPSA) is 98.6 Å². The van der Waals surface area contributed by atoms with Crippen molar-refractivity contribution in [3.8, 4) is 17.1 Å². The monoisotopic (exact) mass is 525 g/mol. The third-order valence-corrected chi connectivity index (χ3v) is 6.74. The van der Waals surface area contributed by atoms with Crippen molar-refractivity contribution in [2.75, 3.05) is 32.7 Å². The summed E-state index contributed by atoms with van der Waals surface area (Å²) in [5.41, 5.74) is 4.78. The van der Waals surface area contributed by atoms with Crippen molar-refractivity contribution >= 4 is 40.4 Å². The van der Waals surface area contributed by atoms with Gasteiger partial charge in [0.25, 0.3) is 5.91 Å². The molecular formula is C26H31N5O3S2. The maximum atomic E-state index is 12.7. The van der Waals surface area contributed by atoms with E-state index >= 15 is 0 Å². The number of methoxy groups -OCH3 is 1. The predicted molar refractivity (Wildman–Crippen MR) is 147 cm³/mol. The third-order valence-electron chi connectivity index (χ3n) is 5.09. The Hall–Kier alpha value is -3.08. The summed E-state index contributed by atoms with van der Waals surface area (Å²) in [5, 5.41) is 6.26. The number of carbonyl (C=O) groups is 1. The number of benzene rings is 1. The first-order chi connectivity index (χ1) is 17.4. The lowest BCUT2D eigenvalue weighted by Gasteiger charge is -2.11. The quantitative estimate of drug-likeness (QED) is 0.182. The van der Waals surface area contributed by atoms with Crippen LogP contribution in [-0.4, -0.2) is 54.4 Å². The summed E-state index contributed by atoms with van der Waals surface area (Å²) >= 11 is 2.96. The molecule has 190 valence electrons. The number of carbonyl (C=O) groups excluding carboxylic acids is 1. The molecule has 0 aliphatic carbocycles. The Kier molecular flexibility index (Phi) is 10.6. The highest BCUT2D eigenvalue weighted by Gasteiger charge is 2.15. The Morgan fingerprint density at radius 2 is 1.97 bits per heavy atom. The van der Waals surface area contributed by atoms with Gasteiger partial charge in [0.15, 0.2) is 5.13 Å². The van der Waals surface area contributed by atoms with Gasteiger partial charge in [0.1, 0.15) is 11.6 Å². The Labute approximate surface area is 220 Å². The summed E-state index contributed by atoms with van der Waals surface area (Å²) in [4.78, 5) is 31.1. The number of nitrogens with one attached hydrogen (secondary N) is 1. The van der Waals surface area contributed by atoms with Gasteiger partial charge < -0.3 is 9.47 Å². The van der Waals surface area contributed by atoms with E-state index < -0.39 is 0 Å². The number of allylic oxidation sites excluding steroid dienone is 1. The van der Waals surface area contributed by atoms with E-state index in [1.165, 1.54) is 23.1 Å². The van der Waals surface area contributed by atoms with Crippen LogP contribution in [0.5, 0.6) is 5.88 Å². The number of thiazole rings is 1. The van der Waals surface area contributed by atoms with Gasteiger partial charge >= 0.3 is 0 Å². The number of nitrogens with zero attached hydrogens (tertiary/aromatic N) is 4. The number of aryl methyl sites for hydroxylation is 2. The molecule has 0 aliphatic heterocycles. The van der Waals surface area contributed by atoms with Gasteiger partial charge in [0.05, 0.1) is 24.7 Å². The first-order valence-electron chi connectivity index (χ1n) is 11.6. The highest BCUT2D eigenvalue weighted by atomic mass is 32.2. The number of anilines is 1. The summed E-state index contributed by atoms with van der Waals surface area (Å²) in [5.74, 6) is 0.329. The molecule has 2 aromatic heterocycles. The lowest BCUT2D eigenvalue weighted by Crippen LogP contribution is -2.14. The van der Waals surface area contributed by atoms with Crippen molar-refractivity contribution < 1.29 is 14.3 Å². The molecule has 36 heavy (non-hydrogen) atoms. The van der Waals surface area contributed by atoms with Crippen molar-refractivity contribution in [3.05, 3.63) is 52.7 Å². The second kappa shape index (κ2) is 13.9. The summed E-state index contributed by atoms with van der Waals surface area (Å²) in [6.07, 6.45) is 8.27. The van der Waals surface area contributed by atoms with Gasteiger partial charge in [-0.1, -0.05) is 25.1 Å². The molecule has 1 N–H and O–H groups in total. The van der Waals surface area contributed by atoms with E-state index in [2.05, 4.69) is 46.3 Å². The Morgan fingerprint density at radius 3 is 2.61 bits per heavy atom. The molecule has 1 amide bonds. The minimum absolute atomic E-state index is 0.144. The SMILES string of the molecule is CCCC(=CC=NC)C(=O)Nc1nc(-c2c(C)cc(Sc3cnc(OCCOC)cn3)cc2C)cs1. The van der Waals surface area contributed by atoms with Crippen LogP contribution in [0.4, 0.5) is 5.13 Å². The molecule has 0 bridgehead atoms. The molecule has 0 saturated carbocycles.